The first-order valence-corrected chi connectivity index (χ1v) is 6.81. The Labute approximate surface area is 112 Å². The average Bonchev–Trinajstić information content (AvgIpc) is 3.20. The van der Waals surface area contributed by atoms with Crippen molar-refractivity contribution in [3.63, 3.8) is 0 Å². The minimum absolute atomic E-state index is 0.0902. The van der Waals surface area contributed by atoms with Crippen molar-refractivity contribution in [3.05, 3.63) is 45.9 Å². The van der Waals surface area contributed by atoms with Gasteiger partial charge in [0.1, 0.15) is 5.69 Å². The van der Waals surface area contributed by atoms with E-state index < -0.39 is 0 Å². The van der Waals surface area contributed by atoms with Crippen LogP contribution >= 0.6 is 0 Å². The molecule has 0 spiro atoms. The van der Waals surface area contributed by atoms with Crippen LogP contribution in [0.15, 0.2) is 29.1 Å². The van der Waals surface area contributed by atoms with Crippen LogP contribution in [0.1, 0.15) is 36.9 Å². The van der Waals surface area contributed by atoms with Crippen LogP contribution in [-0.4, -0.2) is 9.36 Å². The topological polar surface area (TPSA) is 52.9 Å². The molecule has 0 aliphatic heterocycles. The van der Waals surface area contributed by atoms with Crippen LogP contribution in [0.4, 0.5) is 5.69 Å². The average molecular weight is 257 g/mol. The second-order valence-electron chi connectivity index (χ2n) is 5.24. The zero-order chi connectivity index (χ0) is 13.6. The summed E-state index contributed by atoms with van der Waals surface area (Å²) in [5.74, 6) is 0.472. The zero-order valence-electron chi connectivity index (χ0n) is 11.4. The first-order valence-electron chi connectivity index (χ1n) is 6.81. The molecule has 19 heavy (non-hydrogen) atoms. The van der Waals surface area contributed by atoms with Crippen LogP contribution in [0.25, 0.3) is 5.69 Å². The molecule has 2 N–H and O–H groups in total. The number of rotatable bonds is 3. The van der Waals surface area contributed by atoms with Gasteiger partial charge in [0.2, 0.25) is 0 Å². The lowest BCUT2D eigenvalue weighted by atomic mass is 10.2. The summed E-state index contributed by atoms with van der Waals surface area (Å²) in [5, 5.41) is 0. The van der Waals surface area contributed by atoms with Crippen molar-refractivity contribution < 1.29 is 0 Å². The molecule has 2 aromatic rings. The number of hydrogen-bond acceptors (Lipinski definition) is 2. The number of hydrogen-bond donors (Lipinski definition) is 1. The van der Waals surface area contributed by atoms with Crippen LogP contribution in [0.5, 0.6) is 0 Å². The largest absolute Gasteiger partial charge is 0.393 e. The van der Waals surface area contributed by atoms with Gasteiger partial charge in [-0.15, -0.1) is 0 Å². The van der Waals surface area contributed by atoms with Gasteiger partial charge in [0, 0.05) is 12.5 Å². The molecule has 1 heterocycles. The van der Waals surface area contributed by atoms with Gasteiger partial charge in [-0.25, -0.2) is 4.68 Å². The molecule has 0 amide bonds. The van der Waals surface area contributed by atoms with E-state index in [0.29, 0.717) is 11.6 Å². The molecule has 0 unspecified atom stereocenters. The summed E-state index contributed by atoms with van der Waals surface area (Å²) >= 11 is 0. The van der Waals surface area contributed by atoms with Gasteiger partial charge in [0.15, 0.2) is 0 Å². The minimum Gasteiger partial charge on any atom is -0.393 e. The molecule has 1 aliphatic rings. The van der Waals surface area contributed by atoms with Crippen LogP contribution < -0.4 is 11.3 Å². The fourth-order valence-corrected chi connectivity index (χ4v) is 2.62. The van der Waals surface area contributed by atoms with Crippen LogP contribution in [0.3, 0.4) is 0 Å². The molecular weight excluding hydrogens is 238 g/mol. The number of nitrogens with zero attached hydrogens (tertiary/aromatic N) is 2. The lowest BCUT2D eigenvalue weighted by molar-refractivity contribution is 0.549. The lowest BCUT2D eigenvalue weighted by Crippen LogP contribution is -2.22. The van der Waals surface area contributed by atoms with E-state index in [9.17, 15) is 4.79 Å². The first-order chi connectivity index (χ1) is 9.13. The van der Waals surface area contributed by atoms with Crippen LogP contribution in [-0.2, 0) is 6.54 Å². The molecule has 1 aliphatic carbocycles. The molecule has 0 radical (unpaired) electrons. The maximum Gasteiger partial charge on any atom is 0.294 e. The van der Waals surface area contributed by atoms with Crippen molar-refractivity contribution in [1.29, 1.82) is 0 Å². The smallest absolute Gasteiger partial charge is 0.294 e. The maximum absolute atomic E-state index is 12.4. The van der Waals surface area contributed by atoms with Crippen LogP contribution in [0.2, 0.25) is 0 Å². The van der Waals surface area contributed by atoms with E-state index in [-0.39, 0.29) is 5.56 Å². The second-order valence-corrected chi connectivity index (χ2v) is 5.24. The molecule has 1 fully saturated rings. The highest BCUT2D eigenvalue weighted by molar-refractivity contribution is 5.48. The number of benzene rings is 1. The molecule has 1 saturated carbocycles. The molecular formula is C15H19N3O. The highest BCUT2D eigenvalue weighted by Crippen LogP contribution is 2.42. The van der Waals surface area contributed by atoms with Crippen LogP contribution in [0, 0.1) is 6.92 Å². The molecule has 1 aromatic carbocycles. The maximum atomic E-state index is 12.4. The predicted molar refractivity (Wildman–Crippen MR) is 76.8 cm³/mol. The number of nitrogen functional groups attached to an aromatic ring is 1. The van der Waals surface area contributed by atoms with E-state index in [1.165, 1.54) is 5.56 Å². The molecule has 3 rings (SSSR count). The van der Waals surface area contributed by atoms with E-state index in [0.717, 1.165) is 30.8 Å². The molecule has 4 nitrogen and oxygen atoms in total. The highest BCUT2D eigenvalue weighted by atomic mass is 16.1. The number of aromatic nitrogens is 2. The Morgan fingerprint density at radius 1 is 1.26 bits per heavy atom. The first kappa shape index (κ1) is 12.1. The highest BCUT2D eigenvalue weighted by Gasteiger charge is 2.32. The Bertz CT molecular complexity index is 660. The van der Waals surface area contributed by atoms with E-state index in [2.05, 4.69) is 6.92 Å². The Kier molecular flexibility index (Phi) is 2.73. The fraction of sp³-hybridized carbons (Fsp3) is 0.400. The summed E-state index contributed by atoms with van der Waals surface area (Å²) in [7, 11) is 0. The van der Waals surface area contributed by atoms with E-state index in [1.54, 1.807) is 4.68 Å². The number of anilines is 1. The monoisotopic (exact) mass is 257 g/mol. The van der Waals surface area contributed by atoms with Crippen molar-refractivity contribution in [2.24, 2.45) is 0 Å². The molecule has 4 heteroatoms. The summed E-state index contributed by atoms with van der Waals surface area (Å²) in [4.78, 5) is 12.4. The summed E-state index contributed by atoms with van der Waals surface area (Å²) in [6.45, 7) is 4.84. The molecule has 0 bridgehead atoms. The second kappa shape index (κ2) is 4.30. The Morgan fingerprint density at radius 3 is 2.42 bits per heavy atom. The number of nitrogens with two attached hydrogens (primary N) is 1. The molecule has 100 valence electrons. The summed E-state index contributed by atoms with van der Waals surface area (Å²) < 4.78 is 3.74. The third-order valence-corrected chi connectivity index (χ3v) is 3.76. The van der Waals surface area contributed by atoms with Gasteiger partial charge >= 0.3 is 0 Å². The fourth-order valence-electron chi connectivity index (χ4n) is 2.62. The van der Waals surface area contributed by atoms with E-state index in [1.807, 2.05) is 35.9 Å². The van der Waals surface area contributed by atoms with Gasteiger partial charge in [-0.2, -0.15) is 0 Å². The third-order valence-electron chi connectivity index (χ3n) is 3.76. The predicted octanol–water partition coefficient (Wildman–Crippen LogP) is 2.43. The minimum atomic E-state index is -0.0902. The Morgan fingerprint density at radius 2 is 1.89 bits per heavy atom. The SMILES string of the molecule is CCn1c(C2CC2)c(N)c(=O)n1-c1ccc(C)cc1. The molecule has 0 atom stereocenters. The van der Waals surface area contributed by atoms with Gasteiger partial charge in [0.25, 0.3) is 5.56 Å². The van der Waals surface area contributed by atoms with Crippen molar-refractivity contribution in [3.8, 4) is 5.69 Å². The standard InChI is InChI=1S/C15H19N3O/c1-3-17-14(11-6-7-11)13(16)15(19)18(17)12-8-4-10(2)5-9-12/h4-5,8-9,11H,3,6-7,16H2,1-2H3. The van der Waals surface area contributed by atoms with Crippen molar-refractivity contribution in [1.82, 2.24) is 9.36 Å². The normalized spacial score (nSPS) is 14.8. The van der Waals surface area contributed by atoms with Gasteiger partial charge in [0.05, 0.1) is 11.4 Å². The third kappa shape index (κ3) is 1.87. The van der Waals surface area contributed by atoms with Crippen molar-refractivity contribution >= 4 is 5.69 Å². The zero-order valence-corrected chi connectivity index (χ0v) is 11.4. The Hall–Kier alpha value is -1.97. The van der Waals surface area contributed by atoms with Gasteiger partial charge in [-0.1, -0.05) is 17.7 Å². The molecule has 1 aromatic heterocycles. The van der Waals surface area contributed by atoms with E-state index >= 15 is 0 Å². The Balaban J connectivity index is 2.23. The van der Waals surface area contributed by atoms with Crippen molar-refractivity contribution in [2.45, 2.75) is 39.2 Å². The summed E-state index contributed by atoms with van der Waals surface area (Å²) in [5.41, 5.74) is 9.45. The molecule has 0 saturated heterocycles. The van der Waals surface area contributed by atoms with Gasteiger partial charge < -0.3 is 5.73 Å². The lowest BCUT2D eigenvalue weighted by Gasteiger charge is -2.12. The summed E-state index contributed by atoms with van der Waals surface area (Å²) in [6, 6.07) is 7.97. The van der Waals surface area contributed by atoms with Gasteiger partial charge in [-0.05, 0) is 38.8 Å². The van der Waals surface area contributed by atoms with Crippen molar-refractivity contribution in [2.75, 3.05) is 5.73 Å². The quantitative estimate of drug-likeness (QED) is 0.918. The number of aryl methyl sites for hydroxylation is 1. The van der Waals surface area contributed by atoms with Gasteiger partial charge in [-0.3, -0.25) is 9.48 Å². The summed E-state index contributed by atoms with van der Waals surface area (Å²) in [6.07, 6.45) is 2.28. The van der Waals surface area contributed by atoms with E-state index in [4.69, 9.17) is 5.73 Å².